The number of carbonyl (C=O) groups excluding carboxylic acids is 1. The highest BCUT2D eigenvalue weighted by Crippen LogP contribution is 2.27. The lowest BCUT2D eigenvalue weighted by atomic mass is 10.4. The molecule has 0 radical (unpaired) electrons. The van der Waals surface area contributed by atoms with Gasteiger partial charge in [0.15, 0.2) is 11.3 Å². The summed E-state index contributed by atoms with van der Waals surface area (Å²) in [7, 11) is 1.10. The number of alkyl halides is 3. The van der Waals surface area contributed by atoms with Crippen LogP contribution in [0.4, 0.5) is 13.2 Å². The summed E-state index contributed by atoms with van der Waals surface area (Å²) in [5.74, 6) is -2.13. The summed E-state index contributed by atoms with van der Waals surface area (Å²) in [4.78, 5) is 11.1. The maximum atomic E-state index is 12.5. The fraction of sp³-hybridized carbons (Fsp3) is 0.250. The molecule has 0 saturated carbocycles. The van der Waals surface area contributed by atoms with Crippen molar-refractivity contribution in [1.29, 1.82) is 0 Å². The first-order valence-electron chi connectivity index (χ1n) is 4.31. The molecule has 2 rings (SSSR count). The predicted molar refractivity (Wildman–Crippen MR) is 47.1 cm³/mol. The summed E-state index contributed by atoms with van der Waals surface area (Å²) < 4.78 is 42.3. The van der Waals surface area contributed by atoms with Crippen LogP contribution in [0.3, 0.4) is 0 Å². The number of fused-ring (bicyclic) bond motifs is 1. The Kier molecular flexibility index (Phi) is 2.45. The molecule has 2 aromatic rings. The first-order chi connectivity index (χ1) is 7.93. The number of carbonyl (C=O) groups is 1. The molecule has 0 unspecified atom stereocenters. The third-order valence-electron chi connectivity index (χ3n) is 1.91. The molecule has 0 aliphatic rings. The van der Waals surface area contributed by atoms with Gasteiger partial charge in [-0.3, -0.25) is 0 Å². The number of halogens is 3. The largest absolute Gasteiger partial charge is 0.464 e. The Hall–Kier alpha value is -2.19. The van der Waals surface area contributed by atoms with Crippen molar-refractivity contribution in [3.8, 4) is 0 Å². The topological polar surface area (TPSA) is 69.4 Å². The average Bonchev–Trinajstić information content (AvgIpc) is 2.70. The van der Waals surface area contributed by atoms with E-state index in [0.717, 1.165) is 7.11 Å². The van der Waals surface area contributed by atoms with Crippen LogP contribution in [0.2, 0.25) is 0 Å². The average molecular weight is 246 g/mol. The van der Waals surface area contributed by atoms with Crippen molar-refractivity contribution in [2.45, 2.75) is 6.18 Å². The predicted octanol–water partition coefficient (Wildman–Crippen LogP) is 0.930. The molecule has 0 bridgehead atoms. The monoisotopic (exact) mass is 246 g/mol. The molecule has 0 amide bonds. The molecule has 2 heterocycles. The molecule has 0 saturated heterocycles. The molecule has 17 heavy (non-hydrogen) atoms. The Morgan fingerprint density at radius 2 is 2.06 bits per heavy atom. The van der Waals surface area contributed by atoms with Gasteiger partial charge in [-0.2, -0.15) is 22.8 Å². The van der Waals surface area contributed by atoms with Crippen LogP contribution in [-0.2, 0) is 10.9 Å². The number of rotatable bonds is 1. The van der Waals surface area contributed by atoms with Gasteiger partial charge in [0.25, 0.3) is 5.82 Å². The maximum absolute atomic E-state index is 12.5. The van der Waals surface area contributed by atoms with E-state index in [2.05, 4.69) is 20.0 Å². The van der Waals surface area contributed by atoms with E-state index in [4.69, 9.17) is 0 Å². The van der Waals surface area contributed by atoms with Gasteiger partial charge in [0.2, 0.25) is 0 Å². The Morgan fingerprint density at radius 3 is 2.65 bits per heavy atom. The fourth-order valence-electron chi connectivity index (χ4n) is 1.18. The van der Waals surface area contributed by atoms with Crippen LogP contribution < -0.4 is 0 Å². The smallest absolute Gasteiger partial charge is 0.453 e. The number of methoxy groups -OCH3 is 1. The van der Waals surface area contributed by atoms with E-state index < -0.39 is 18.0 Å². The second-order valence-corrected chi connectivity index (χ2v) is 3.00. The van der Waals surface area contributed by atoms with Crippen LogP contribution in [0.5, 0.6) is 0 Å². The van der Waals surface area contributed by atoms with Gasteiger partial charge in [-0.05, 0) is 12.1 Å². The highest BCUT2D eigenvalue weighted by atomic mass is 19.4. The van der Waals surface area contributed by atoms with Crippen LogP contribution in [0.25, 0.3) is 5.65 Å². The summed E-state index contributed by atoms with van der Waals surface area (Å²) in [6, 6.07) is 2.40. The number of aromatic nitrogens is 4. The van der Waals surface area contributed by atoms with E-state index in [0.29, 0.717) is 4.52 Å². The van der Waals surface area contributed by atoms with Crippen molar-refractivity contribution in [3.63, 3.8) is 0 Å². The van der Waals surface area contributed by atoms with E-state index in [1.807, 2.05) is 0 Å². The quantitative estimate of drug-likeness (QED) is 0.700. The van der Waals surface area contributed by atoms with Gasteiger partial charge in [-0.1, -0.05) is 0 Å². The van der Waals surface area contributed by atoms with Crippen molar-refractivity contribution < 1.29 is 22.7 Å². The molecular weight excluding hydrogens is 241 g/mol. The van der Waals surface area contributed by atoms with Crippen LogP contribution in [0.15, 0.2) is 12.1 Å². The zero-order chi connectivity index (χ0) is 12.6. The van der Waals surface area contributed by atoms with Crippen LogP contribution >= 0.6 is 0 Å². The molecule has 0 aliphatic carbocycles. The Labute approximate surface area is 92.0 Å². The molecule has 0 aliphatic heterocycles. The van der Waals surface area contributed by atoms with E-state index >= 15 is 0 Å². The molecule has 0 atom stereocenters. The molecule has 0 N–H and O–H groups in total. The Bertz CT molecular complexity index is 578. The van der Waals surface area contributed by atoms with Gasteiger partial charge in [0.05, 0.1) is 7.11 Å². The molecule has 0 fully saturated rings. The lowest BCUT2D eigenvalue weighted by Crippen LogP contribution is -2.15. The van der Waals surface area contributed by atoms with E-state index in [1.165, 1.54) is 12.1 Å². The lowest BCUT2D eigenvalue weighted by Gasteiger charge is -2.03. The number of nitrogens with zero attached hydrogens (tertiary/aromatic N) is 4. The number of hydrogen-bond acceptors (Lipinski definition) is 5. The van der Waals surface area contributed by atoms with Crippen LogP contribution in [-0.4, -0.2) is 32.9 Å². The highest BCUT2D eigenvalue weighted by molar-refractivity contribution is 5.87. The second kappa shape index (κ2) is 3.68. The van der Waals surface area contributed by atoms with Gasteiger partial charge in [0, 0.05) is 0 Å². The molecular formula is C8H5F3N4O2. The zero-order valence-electron chi connectivity index (χ0n) is 8.39. The zero-order valence-corrected chi connectivity index (χ0v) is 8.39. The SMILES string of the molecule is COC(=O)c1ccc2nnc(C(F)(F)F)n2n1. The van der Waals surface area contributed by atoms with Gasteiger partial charge in [-0.25, -0.2) is 4.79 Å². The summed E-state index contributed by atoms with van der Waals surface area (Å²) >= 11 is 0. The van der Waals surface area contributed by atoms with Crippen molar-refractivity contribution in [2.24, 2.45) is 0 Å². The summed E-state index contributed by atoms with van der Waals surface area (Å²) in [6.45, 7) is 0. The third kappa shape index (κ3) is 1.90. The maximum Gasteiger partial charge on any atom is 0.453 e. The Morgan fingerprint density at radius 1 is 1.35 bits per heavy atom. The van der Waals surface area contributed by atoms with Crippen molar-refractivity contribution in [1.82, 2.24) is 19.8 Å². The van der Waals surface area contributed by atoms with Crippen molar-refractivity contribution in [3.05, 3.63) is 23.7 Å². The first kappa shape index (κ1) is 11.3. The third-order valence-corrected chi connectivity index (χ3v) is 1.91. The molecule has 0 spiro atoms. The molecule has 90 valence electrons. The second-order valence-electron chi connectivity index (χ2n) is 3.00. The van der Waals surface area contributed by atoms with Gasteiger partial charge >= 0.3 is 12.1 Å². The standard InChI is InChI=1S/C8H5F3N4O2/c1-17-6(16)4-2-3-5-12-13-7(8(9,10)11)15(5)14-4/h2-3H,1H3. The van der Waals surface area contributed by atoms with E-state index in [-0.39, 0.29) is 11.3 Å². The molecule has 9 heteroatoms. The molecule has 6 nitrogen and oxygen atoms in total. The van der Waals surface area contributed by atoms with Crippen LogP contribution in [0.1, 0.15) is 16.3 Å². The number of esters is 1. The molecule has 2 aromatic heterocycles. The van der Waals surface area contributed by atoms with E-state index in [9.17, 15) is 18.0 Å². The minimum atomic E-state index is -4.69. The Balaban J connectivity index is 2.62. The minimum Gasteiger partial charge on any atom is -0.464 e. The summed E-state index contributed by atoms with van der Waals surface area (Å²) in [6.07, 6.45) is -4.69. The lowest BCUT2D eigenvalue weighted by molar-refractivity contribution is -0.146. The highest BCUT2D eigenvalue weighted by Gasteiger charge is 2.37. The van der Waals surface area contributed by atoms with Gasteiger partial charge in [0.1, 0.15) is 0 Å². The molecule has 0 aromatic carbocycles. The van der Waals surface area contributed by atoms with E-state index in [1.54, 1.807) is 0 Å². The van der Waals surface area contributed by atoms with Gasteiger partial charge in [-0.15, -0.1) is 10.2 Å². The van der Waals surface area contributed by atoms with Crippen LogP contribution in [0, 0.1) is 0 Å². The number of ether oxygens (including phenoxy) is 1. The normalized spacial score (nSPS) is 11.8. The summed E-state index contributed by atoms with van der Waals surface area (Å²) in [5, 5.41) is 9.73. The van der Waals surface area contributed by atoms with Crippen molar-refractivity contribution >= 4 is 11.6 Å². The first-order valence-corrected chi connectivity index (χ1v) is 4.31. The van der Waals surface area contributed by atoms with Crippen molar-refractivity contribution in [2.75, 3.05) is 7.11 Å². The minimum absolute atomic E-state index is 0.107. The number of hydrogen-bond donors (Lipinski definition) is 0. The summed E-state index contributed by atoms with van der Waals surface area (Å²) in [5.41, 5.74) is -0.365. The van der Waals surface area contributed by atoms with Gasteiger partial charge < -0.3 is 4.74 Å². The fourth-order valence-corrected chi connectivity index (χ4v) is 1.18.